The lowest BCUT2D eigenvalue weighted by Crippen LogP contribution is -2.64. The third-order valence-corrected chi connectivity index (χ3v) is 14.4. The van der Waals surface area contributed by atoms with Gasteiger partial charge in [-0.2, -0.15) is 0 Å². The Morgan fingerprint density at radius 1 is 1.00 bits per heavy atom. The highest BCUT2D eigenvalue weighted by Gasteiger charge is 2.56. The van der Waals surface area contributed by atoms with Crippen molar-refractivity contribution in [2.24, 2.45) is 23.7 Å². The number of anilines is 1. The summed E-state index contributed by atoms with van der Waals surface area (Å²) in [4.78, 5) is 65.6. The molecule has 62 heavy (non-hydrogen) atoms. The van der Waals surface area contributed by atoms with Crippen molar-refractivity contribution in [1.29, 1.82) is 0 Å². The number of amides is 1. The molecule has 5 rings (SSSR count). The first kappa shape index (κ1) is 49.5. The van der Waals surface area contributed by atoms with Crippen LogP contribution in [0.25, 0.3) is 0 Å². The monoisotopic (exact) mass is 866 g/mol. The average Bonchev–Trinajstić information content (AvgIpc) is 3.27. The minimum Gasteiger partial charge on any atom is -0.456 e. The van der Waals surface area contributed by atoms with Crippen molar-refractivity contribution in [1.82, 2.24) is 9.88 Å². The predicted molar refractivity (Wildman–Crippen MR) is 237 cm³/mol. The Labute approximate surface area is 370 Å². The van der Waals surface area contributed by atoms with Gasteiger partial charge in [-0.1, -0.05) is 51.5 Å². The first-order chi connectivity index (χ1) is 29.5. The summed E-state index contributed by atoms with van der Waals surface area (Å²) in [5.41, 5.74) is 1.38. The Kier molecular flexibility index (Phi) is 17.5. The van der Waals surface area contributed by atoms with E-state index >= 15 is 0 Å². The molecule has 13 nitrogen and oxygen atoms in total. The van der Waals surface area contributed by atoms with E-state index in [2.05, 4.69) is 29.0 Å². The number of ketones is 2. The Morgan fingerprint density at radius 3 is 2.39 bits per heavy atom. The van der Waals surface area contributed by atoms with Crippen molar-refractivity contribution in [3.8, 4) is 0 Å². The molecule has 4 aliphatic rings. The number of allylic oxidation sites excluding steroid dienone is 2. The summed E-state index contributed by atoms with van der Waals surface area (Å²) in [5.74, 6) is -5.53. The second-order valence-corrected chi connectivity index (χ2v) is 18.9. The third-order valence-electron chi connectivity index (χ3n) is 14.4. The molecule has 1 aromatic rings. The van der Waals surface area contributed by atoms with Crippen LogP contribution < -0.4 is 4.90 Å². The summed E-state index contributed by atoms with van der Waals surface area (Å²) in [7, 11) is 6.90. The number of likely N-dealkylation sites (N-methyl/N-ethyl adjacent to an activating group) is 1. The molecular formula is C49H75N3O10. The molecule has 0 aromatic carbocycles. The fourth-order valence-electron chi connectivity index (χ4n) is 10.6. The number of cyclic esters (lactones) is 1. The van der Waals surface area contributed by atoms with Crippen LogP contribution in [-0.4, -0.2) is 121 Å². The van der Waals surface area contributed by atoms with Gasteiger partial charge in [-0.3, -0.25) is 14.4 Å². The molecule has 2 saturated heterocycles. The fraction of sp³-hybridized carbons (Fsp3) is 0.735. The normalized spacial score (nSPS) is 36.5. The number of Topliss-reactive ketones (excluding diaryl/α,β-unsaturated/α-hetero) is 2. The zero-order valence-electron chi connectivity index (χ0n) is 39.1. The van der Waals surface area contributed by atoms with Gasteiger partial charge in [0.05, 0.1) is 23.9 Å². The number of methoxy groups -OCH3 is 3. The quantitative estimate of drug-likeness (QED) is 0.160. The second kappa shape index (κ2) is 21.9. The third kappa shape index (κ3) is 11.2. The van der Waals surface area contributed by atoms with Crippen molar-refractivity contribution in [3.63, 3.8) is 0 Å². The molecule has 346 valence electrons. The van der Waals surface area contributed by atoms with Crippen molar-refractivity contribution in [3.05, 3.63) is 47.7 Å². The number of hydrogen-bond acceptors (Lipinski definition) is 12. The number of esters is 1. The first-order valence-electron chi connectivity index (χ1n) is 23.1. The van der Waals surface area contributed by atoms with Gasteiger partial charge in [0, 0.05) is 65.8 Å². The zero-order chi connectivity index (χ0) is 45.4. The standard InChI is InChI=1S/C49H75N3O10/c1-11-36-26-31(2)25-32(3)27-40(59-9)44-41(60-10)28-35(6)49(57,62-44)45(54)46(55)52-24-15-13-18-38(52)47(56)61-43(33(4)20-21-39(36)53)34(5)29-48(22-16-17-37(30-48)58-8)51(7)42-19-12-14-23-50-42/h12,14,19,23,26,29,32-33,35-38,40-41,43-44,57H,11,13,15-18,20-22,24-25,27-28,30H2,1-10H3. The lowest BCUT2D eigenvalue weighted by atomic mass is 9.76. The Morgan fingerprint density at radius 2 is 1.73 bits per heavy atom. The molecule has 1 aromatic heterocycles. The van der Waals surface area contributed by atoms with Gasteiger partial charge >= 0.3 is 5.97 Å². The van der Waals surface area contributed by atoms with E-state index in [1.807, 2.05) is 52.9 Å². The number of piperidine rings is 1. The van der Waals surface area contributed by atoms with E-state index in [9.17, 15) is 24.3 Å². The van der Waals surface area contributed by atoms with Crippen molar-refractivity contribution < 1.29 is 48.0 Å². The van der Waals surface area contributed by atoms with Crippen LogP contribution in [0.5, 0.6) is 0 Å². The molecule has 1 amide bonds. The topological polar surface area (TPSA) is 154 Å². The molecule has 12 atom stereocenters. The molecule has 13 heteroatoms. The zero-order valence-corrected chi connectivity index (χ0v) is 39.1. The minimum atomic E-state index is -2.48. The number of hydrogen-bond donors (Lipinski definition) is 1. The van der Waals surface area contributed by atoms with E-state index in [-0.39, 0.29) is 42.6 Å². The molecule has 3 aliphatic heterocycles. The van der Waals surface area contributed by atoms with Crippen LogP contribution >= 0.6 is 0 Å². The number of aromatic nitrogens is 1. The van der Waals surface area contributed by atoms with Gasteiger partial charge in [0.1, 0.15) is 29.9 Å². The lowest BCUT2D eigenvalue weighted by molar-refractivity contribution is -0.302. The highest BCUT2D eigenvalue weighted by atomic mass is 16.7. The van der Waals surface area contributed by atoms with E-state index < -0.39 is 65.4 Å². The fourth-order valence-corrected chi connectivity index (χ4v) is 10.6. The number of carbonyl (C=O) groups is 4. The van der Waals surface area contributed by atoms with Crippen LogP contribution in [0.3, 0.4) is 0 Å². The van der Waals surface area contributed by atoms with Gasteiger partial charge in [0.15, 0.2) is 0 Å². The molecule has 0 radical (unpaired) electrons. The van der Waals surface area contributed by atoms with Crippen LogP contribution in [0.2, 0.25) is 0 Å². The molecule has 12 unspecified atom stereocenters. The van der Waals surface area contributed by atoms with Gasteiger partial charge in [-0.05, 0) is 114 Å². The van der Waals surface area contributed by atoms with Gasteiger partial charge < -0.3 is 38.6 Å². The average molecular weight is 866 g/mol. The van der Waals surface area contributed by atoms with Crippen LogP contribution in [-0.2, 0) is 42.9 Å². The summed E-state index contributed by atoms with van der Waals surface area (Å²) >= 11 is 0. The SMILES string of the molecule is CCC1C=C(C)CC(C)CC(OC)C2OC(O)(C(=O)C(=O)N3CCCCC3C(=O)OC(C(C)=CC3(N(C)c4ccccn4)CCCC(OC)C3)C(C)CCC1=O)C(C)CC2OC. The first-order valence-corrected chi connectivity index (χ1v) is 23.1. The van der Waals surface area contributed by atoms with E-state index in [1.165, 1.54) is 4.90 Å². The number of fused-ring (bicyclic) bond motifs is 3. The van der Waals surface area contributed by atoms with Crippen molar-refractivity contribution in [2.75, 3.05) is 39.8 Å². The number of nitrogens with zero attached hydrogens (tertiary/aromatic N) is 3. The second-order valence-electron chi connectivity index (χ2n) is 18.9. The van der Waals surface area contributed by atoms with E-state index in [4.69, 9.17) is 23.7 Å². The Bertz CT molecular complexity index is 1750. The van der Waals surface area contributed by atoms with Crippen LogP contribution in [0.15, 0.2) is 47.7 Å². The molecular weight excluding hydrogens is 791 g/mol. The number of ether oxygens (including phenoxy) is 5. The summed E-state index contributed by atoms with van der Waals surface area (Å²) in [6, 6.07) is 4.77. The highest BCUT2D eigenvalue weighted by Crippen LogP contribution is 2.41. The number of aliphatic hydroxyl groups is 1. The largest absolute Gasteiger partial charge is 0.456 e. The highest BCUT2D eigenvalue weighted by molar-refractivity contribution is 6.39. The maximum absolute atomic E-state index is 14.7. The molecule has 1 N–H and O–H groups in total. The number of pyridine rings is 1. The van der Waals surface area contributed by atoms with Crippen LogP contribution in [0.4, 0.5) is 5.82 Å². The summed E-state index contributed by atoms with van der Waals surface area (Å²) < 4.78 is 30.7. The number of carbonyl (C=O) groups excluding carboxylic acids is 4. The summed E-state index contributed by atoms with van der Waals surface area (Å²) in [6.07, 6.45) is 11.1. The van der Waals surface area contributed by atoms with E-state index in [0.717, 1.165) is 36.2 Å². The predicted octanol–water partition coefficient (Wildman–Crippen LogP) is 7.19. The maximum Gasteiger partial charge on any atom is 0.329 e. The molecule has 0 spiro atoms. The molecule has 1 saturated carbocycles. The van der Waals surface area contributed by atoms with Crippen LogP contribution in [0, 0.1) is 23.7 Å². The van der Waals surface area contributed by atoms with Gasteiger partial charge in [-0.25, -0.2) is 9.78 Å². The minimum absolute atomic E-state index is 0.00573. The smallest absolute Gasteiger partial charge is 0.329 e. The molecule has 2 bridgehead atoms. The van der Waals surface area contributed by atoms with Crippen LogP contribution in [0.1, 0.15) is 125 Å². The molecule has 4 heterocycles. The maximum atomic E-state index is 14.7. The Balaban J connectivity index is 1.57. The van der Waals surface area contributed by atoms with E-state index in [1.54, 1.807) is 34.4 Å². The molecule has 1 aliphatic carbocycles. The Hall–Kier alpha value is -3.49. The van der Waals surface area contributed by atoms with Crippen molar-refractivity contribution >= 4 is 29.3 Å². The van der Waals surface area contributed by atoms with Gasteiger partial charge in [-0.15, -0.1) is 0 Å². The molecule has 3 fully saturated rings. The van der Waals surface area contributed by atoms with Crippen molar-refractivity contribution in [2.45, 2.75) is 173 Å². The number of rotatable bonds is 8. The summed E-state index contributed by atoms with van der Waals surface area (Å²) in [5, 5.41) is 12.2. The van der Waals surface area contributed by atoms with Gasteiger partial charge in [0.2, 0.25) is 5.79 Å². The lowest BCUT2D eigenvalue weighted by Gasteiger charge is -2.47. The summed E-state index contributed by atoms with van der Waals surface area (Å²) in [6.45, 7) is 12.0. The van der Waals surface area contributed by atoms with Gasteiger partial charge in [0.25, 0.3) is 11.7 Å². The van der Waals surface area contributed by atoms with E-state index in [0.29, 0.717) is 57.8 Å².